The van der Waals surface area contributed by atoms with Gasteiger partial charge in [-0.05, 0) is 56.2 Å². The first-order chi connectivity index (χ1) is 12.6. The molecule has 6 nitrogen and oxygen atoms in total. The fraction of sp³-hybridized carbons (Fsp3) is 0.263. The van der Waals surface area contributed by atoms with Crippen LogP contribution in [0.4, 0.5) is 4.39 Å². The summed E-state index contributed by atoms with van der Waals surface area (Å²) in [6.07, 6.45) is 3.34. The van der Waals surface area contributed by atoms with E-state index >= 15 is 0 Å². The van der Waals surface area contributed by atoms with Crippen molar-refractivity contribution in [3.63, 3.8) is 0 Å². The minimum absolute atomic E-state index is 0.0558. The number of likely N-dealkylation sites (tertiary alicyclic amines) is 1. The molecule has 1 fully saturated rings. The van der Waals surface area contributed by atoms with Crippen LogP contribution in [-0.2, 0) is 0 Å². The van der Waals surface area contributed by atoms with Crippen LogP contribution < -0.4 is 0 Å². The number of benzene rings is 1. The van der Waals surface area contributed by atoms with E-state index in [1.165, 1.54) is 12.1 Å². The fourth-order valence-corrected chi connectivity index (χ4v) is 3.21. The van der Waals surface area contributed by atoms with E-state index in [1.807, 2.05) is 13.0 Å². The maximum Gasteiger partial charge on any atom is 0.256 e. The van der Waals surface area contributed by atoms with Crippen molar-refractivity contribution in [2.45, 2.75) is 25.8 Å². The minimum Gasteiger partial charge on any atom is -0.328 e. The van der Waals surface area contributed by atoms with Crippen molar-refractivity contribution < 1.29 is 9.18 Å². The number of halogens is 1. The van der Waals surface area contributed by atoms with Crippen LogP contribution in [0.25, 0.3) is 11.4 Å². The predicted octanol–water partition coefficient (Wildman–Crippen LogP) is 3.29. The lowest BCUT2D eigenvalue weighted by Crippen LogP contribution is -2.31. The highest BCUT2D eigenvalue weighted by atomic mass is 19.1. The highest BCUT2D eigenvalue weighted by molar-refractivity contribution is 5.94. The molecule has 1 atom stereocenters. The molecular formula is C19H18FN5O. The van der Waals surface area contributed by atoms with Crippen molar-refractivity contribution in [3.8, 4) is 11.4 Å². The van der Waals surface area contributed by atoms with Gasteiger partial charge in [0, 0.05) is 24.0 Å². The molecule has 2 aromatic heterocycles. The summed E-state index contributed by atoms with van der Waals surface area (Å²) in [5.74, 6) is 0.787. The van der Waals surface area contributed by atoms with Gasteiger partial charge in [-0.1, -0.05) is 0 Å². The zero-order valence-electron chi connectivity index (χ0n) is 14.3. The number of aromatic amines is 1. The average molecular weight is 351 g/mol. The Labute approximate surface area is 150 Å². The summed E-state index contributed by atoms with van der Waals surface area (Å²) < 4.78 is 13.1. The van der Waals surface area contributed by atoms with Gasteiger partial charge >= 0.3 is 0 Å². The monoisotopic (exact) mass is 351 g/mol. The van der Waals surface area contributed by atoms with E-state index in [0.29, 0.717) is 23.8 Å². The highest BCUT2D eigenvalue weighted by Gasteiger charge is 2.33. The highest BCUT2D eigenvalue weighted by Crippen LogP contribution is 2.32. The molecule has 1 N–H and O–H groups in total. The molecular weight excluding hydrogens is 333 g/mol. The minimum atomic E-state index is -0.302. The molecule has 132 valence electrons. The third-order valence-corrected chi connectivity index (χ3v) is 4.59. The van der Waals surface area contributed by atoms with E-state index in [0.717, 1.165) is 24.1 Å². The maximum atomic E-state index is 13.1. The van der Waals surface area contributed by atoms with Crippen molar-refractivity contribution >= 4 is 5.91 Å². The summed E-state index contributed by atoms with van der Waals surface area (Å²) in [5, 5.41) is 7.17. The van der Waals surface area contributed by atoms with E-state index in [1.54, 1.807) is 29.3 Å². The van der Waals surface area contributed by atoms with Crippen LogP contribution in [0, 0.1) is 12.7 Å². The molecule has 0 aliphatic carbocycles. The molecule has 0 radical (unpaired) electrons. The Kier molecular flexibility index (Phi) is 4.20. The molecule has 1 amide bonds. The largest absolute Gasteiger partial charge is 0.328 e. The van der Waals surface area contributed by atoms with Gasteiger partial charge in [-0.3, -0.25) is 14.9 Å². The first-order valence-electron chi connectivity index (χ1n) is 8.54. The third kappa shape index (κ3) is 3.08. The summed E-state index contributed by atoms with van der Waals surface area (Å²) in [6.45, 7) is 2.56. The van der Waals surface area contributed by atoms with Gasteiger partial charge in [0.05, 0.1) is 11.6 Å². The number of aromatic nitrogens is 4. The summed E-state index contributed by atoms with van der Waals surface area (Å²) in [6, 6.07) is 9.51. The standard InChI is InChI=1S/C19H18FN5O/c1-12-4-5-14(11-21-12)19(26)25-10-2-3-16(25)18-22-17(23-24-18)13-6-8-15(20)9-7-13/h4-9,11,16H,2-3,10H2,1H3,(H,22,23,24)/t16-/m0/s1. The molecule has 1 saturated heterocycles. The summed E-state index contributed by atoms with van der Waals surface area (Å²) >= 11 is 0. The van der Waals surface area contributed by atoms with Crippen molar-refractivity contribution in [2.24, 2.45) is 0 Å². The van der Waals surface area contributed by atoms with Crippen LogP contribution in [0.15, 0.2) is 42.6 Å². The lowest BCUT2D eigenvalue weighted by atomic mass is 10.1. The lowest BCUT2D eigenvalue weighted by Gasteiger charge is -2.22. The Hall–Kier alpha value is -3.09. The number of nitrogens with one attached hydrogen (secondary N) is 1. The topological polar surface area (TPSA) is 74.8 Å². The van der Waals surface area contributed by atoms with Gasteiger partial charge in [-0.2, -0.15) is 5.10 Å². The zero-order valence-corrected chi connectivity index (χ0v) is 14.3. The Morgan fingerprint density at radius 1 is 1.23 bits per heavy atom. The normalized spacial score (nSPS) is 16.8. The van der Waals surface area contributed by atoms with Crippen LogP contribution in [0.1, 0.15) is 40.8 Å². The molecule has 0 unspecified atom stereocenters. The van der Waals surface area contributed by atoms with Gasteiger partial charge in [0.1, 0.15) is 11.6 Å². The predicted molar refractivity (Wildman–Crippen MR) is 93.8 cm³/mol. The number of carbonyl (C=O) groups is 1. The number of amides is 1. The van der Waals surface area contributed by atoms with Crippen molar-refractivity contribution in [3.05, 3.63) is 65.5 Å². The molecule has 1 aromatic carbocycles. The molecule has 0 spiro atoms. The van der Waals surface area contributed by atoms with E-state index < -0.39 is 0 Å². The van der Waals surface area contributed by atoms with Crippen LogP contribution in [0.3, 0.4) is 0 Å². The second kappa shape index (κ2) is 6.67. The van der Waals surface area contributed by atoms with Gasteiger partial charge in [0.15, 0.2) is 5.82 Å². The second-order valence-electron chi connectivity index (χ2n) is 6.40. The van der Waals surface area contributed by atoms with E-state index in [4.69, 9.17) is 0 Å². The number of aryl methyl sites for hydroxylation is 1. The quantitative estimate of drug-likeness (QED) is 0.786. The van der Waals surface area contributed by atoms with Crippen LogP contribution >= 0.6 is 0 Å². The van der Waals surface area contributed by atoms with Crippen molar-refractivity contribution in [1.82, 2.24) is 25.1 Å². The number of nitrogens with zero attached hydrogens (tertiary/aromatic N) is 4. The zero-order chi connectivity index (χ0) is 18.1. The number of H-pyrrole nitrogens is 1. The molecule has 1 aliphatic heterocycles. The van der Waals surface area contributed by atoms with Crippen molar-refractivity contribution in [2.75, 3.05) is 6.54 Å². The van der Waals surface area contributed by atoms with Gasteiger partial charge in [0.2, 0.25) is 0 Å². The number of carbonyl (C=O) groups excluding carboxylic acids is 1. The number of hydrogen-bond acceptors (Lipinski definition) is 4. The first kappa shape index (κ1) is 16.4. The third-order valence-electron chi connectivity index (χ3n) is 4.59. The van der Waals surface area contributed by atoms with Gasteiger partial charge in [-0.15, -0.1) is 0 Å². The summed E-state index contributed by atoms with van der Waals surface area (Å²) in [5.41, 5.74) is 2.17. The summed E-state index contributed by atoms with van der Waals surface area (Å²) in [4.78, 5) is 23.4. The van der Waals surface area contributed by atoms with Crippen LogP contribution in [0.5, 0.6) is 0 Å². The number of rotatable bonds is 3. The SMILES string of the molecule is Cc1ccc(C(=O)N2CCC[C@H]2c2nc(-c3ccc(F)cc3)n[nH]2)cn1. The Morgan fingerprint density at radius 2 is 2.04 bits per heavy atom. The van der Waals surface area contributed by atoms with Crippen molar-refractivity contribution in [1.29, 1.82) is 0 Å². The molecule has 0 saturated carbocycles. The first-order valence-corrected chi connectivity index (χ1v) is 8.54. The fourth-order valence-electron chi connectivity index (χ4n) is 3.21. The Morgan fingerprint density at radius 3 is 2.77 bits per heavy atom. The Bertz CT molecular complexity index is 920. The molecule has 3 heterocycles. The molecule has 0 bridgehead atoms. The number of pyridine rings is 1. The van der Waals surface area contributed by atoms with E-state index in [-0.39, 0.29) is 17.8 Å². The lowest BCUT2D eigenvalue weighted by molar-refractivity contribution is 0.0729. The molecule has 26 heavy (non-hydrogen) atoms. The van der Waals surface area contributed by atoms with Gasteiger partial charge < -0.3 is 4.90 Å². The molecule has 4 rings (SSSR count). The smallest absolute Gasteiger partial charge is 0.256 e. The molecule has 3 aromatic rings. The molecule has 7 heteroatoms. The van der Waals surface area contributed by atoms with Crippen LogP contribution in [-0.4, -0.2) is 37.5 Å². The maximum absolute atomic E-state index is 13.1. The van der Waals surface area contributed by atoms with E-state index in [9.17, 15) is 9.18 Å². The summed E-state index contributed by atoms with van der Waals surface area (Å²) in [7, 11) is 0. The Balaban J connectivity index is 1.58. The van der Waals surface area contributed by atoms with Crippen LogP contribution in [0.2, 0.25) is 0 Å². The van der Waals surface area contributed by atoms with E-state index in [2.05, 4.69) is 20.2 Å². The van der Waals surface area contributed by atoms with Gasteiger partial charge in [-0.25, -0.2) is 9.37 Å². The molecule has 1 aliphatic rings. The second-order valence-corrected chi connectivity index (χ2v) is 6.40. The van der Waals surface area contributed by atoms with Gasteiger partial charge in [0.25, 0.3) is 5.91 Å². The average Bonchev–Trinajstić information content (AvgIpc) is 3.31. The number of hydrogen-bond donors (Lipinski definition) is 1.